The van der Waals surface area contributed by atoms with Crippen molar-refractivity contribution in [1.82, 2.24) is 9.88 Å². The van der Waals surface area contributed by atoms with Gasteiger partial charge in [-0.1, -0.05) is 39.6 Å². The molecule has 2 aliphatic heterocycles. The Hall–Kier alpha value is -1.28. The number of nitrogens with zero attached hydrogens (tertiary/aromatic N) is 2. The lowest BCUT2D eigenvalue weighted by molar-refractivity contribution is -0.198. The molecule has 6 nitrogen and oxygen atoms in total. The van der Waals surface area contributed by atoms with Gasteiger partial charge in [0.15, 0.2) is 0 Å². The van der Waals surface area contributed by atoms with E-state index in [1.54, 1.807) is 7.11 Å². The third-order valence-corrected chi connectivity index (χ3v) is 8.18. The van der Waals surface area contributed by atoms with Crippen LogP contribution in [0.2, 0.25) is 25.7 Å². The second-order valence-corrected chi connectivity index (χ2v) is 15.1. The monoisotopic (exact) mass is 420 g/mol. The van der Waals surface area contributed by atoms with Crippen LogP contribution >= 0.6 is 0 Å². The molecule has 2 aliphatic rings. The van der Waals surface area contributed by atoms with E-state index in [-0.39, 0.29) is 5.91 Å². The highest BCUT2D eigenvalue weighted by Gasteiger charge is 2.59. The summed E-state index contributed by atoms with van der Waals surface area (Å²) in [7, 11) is 0.487. The average molecular weight is 421 g/mol. The summed E-state index contributed by atoms with van der Waals surface area (Å²) < 4.78 is 17.0. The van der Waals surface area contributed by atoms with E-state index in [4.69, 9.17) is 19.2 Å². The van der Waals surface area contributed by atoms with Crippen molar-refractivity contribution in [2.75, 3.05) is 33.7 Å². The van der Waals surface area contributed by atoms with E-state index >= 15 is 0 Å². The number of carbonyl (C=O) groups excluding carboxylic acids is 1. The van der Waals surface area contributed by atoms with Gasteiger partial charge < -0.3 is 19.1 Å². The molecule has 7 heteroatoms. The minimum Gasteiger partial charge on any atom is -0.378 e. The van der Waals surface area contributed by atoms with Crippen LogP contribution in [0.25, 0.3) is 0 Å². The highest BCUT2D eigenvalue weighted by atomic mass is 28.3. The second-order valence-electron chi connectivity index (χ2n) is 9.53. The predicted molar refractivity (Wildman–Crippen MR) is 116 cm³/mol. The van der Waals surface area contributed by atoms with Gasteiger partial charge in [0.2, 0.25) is 5.91 Å². The number of amides is 1. The number of ether oxygens (including phenoxy) is 3. The first kappa shape index (κ1) is 22.4. The summed E-state index contributed by atoms with van der Waals surface area (Å²) in [5.74, 6) is 0.119. The molecule has 1 amide bonds. The Morgan fingerprint density at radius 2 is 1.90 bits per heavy atom. The Balaban J connectivity index is 1.98. The molecule has 0 unspecified atom stereocenters. The van der Waals surface area contributed by atoms with E-state index in [0.717, 1.165) is 23.0 Å². The molecule has 0 aromatic carbocycles. The summed E-state index contributed by atoms with van der Waals surface area (Å²) in [6, 6.07) is 5.23. The van der Waals surface area contributed by atoms with Crippen molar-refractivity contribution in [3.63, 3.8) is 0 Å². The number of aromatic nitrogens is 1. The van der Waals surface area contributed by atoms with Gasteiger partial charge in [-0.2, -0.15) is 0 Å². The third-order valence-electron chi connectivity index (χ3n) is 6.48. The van der Waals surface area contributed by atoms with Crippen molar-refractivity contribution in [3.05, 3.63) is 29.1 Å². The number of rotatable bonds is 9. The predicted octanol–water partition coefficient (Wildman–Crippen LogP) is 3.67. The smallest absolute Gasteiger partial charge is 0.237 e. The van der Waals surface area contributed by atoms with Crippen LogP contribution in [0.4, 0.5) is 0 Å². The van der Waals surface area contributed by atoms with Crippen molar-refractivity contribution in [3.8, 4) is 0 Å². The summed E-state index contributed by atoms with van der Waals surface area (Å²) in [6.07, 6.45) is 1.42. The van der Waals surface area contributed by atoms with Gasteiger partial charge in [0.05, 0.1) is 36.6 Å². The number of pyridine rings is 1. The molecule has 0 aliphatic carbocycles. The van der Waals surface area contributed by atoms with E-state index in [1.807, 2.05) is 11.0 Å². The van der Waals surface area contributed by atoms with Gasteiger partial charge in [-0.3, -0.25) is 9.78 Å². The van der Waals surface area contributed by atoms with Gasteiger partial charge in [0, 0.05) is 27.4 Å². The van der Waals surface area contributed by atoms with Gasteiger partial charge in [0.1, 0.15) is 12.3 Å². The van der Waals surface area contributed by atoms with Crippen molar-refractivity contribution in [2.24, 2.45) is 0 Å². The summed E-state index contributed by atoms with van der Waals surface area (Å²) in [4.78, 5) is 20.7. The molecule has 0 radical (unpaired) electrons. The van der Waals surface area contributed by atoms with Crippen LogP contribution in [0.15, 0.2) is 12.1 Å². The summed E-state index contributed by atoms with van der Waals surface area (Å²) in [6.45, 7) is 13.6. The van der Waals surface area contributed by atoms with Crippen molar-refractivity contribution < 1.29 is 19.0 Å². The zero-order valence-corrected chi connectivity index (χ0v) is 19.8. The molecule has 3 heterocycles. The molecule has 0 atom stereocenters. The van der Waals surface area contributed by atoms with Crippen molar-refractivity contribution >= 4 is 14.0 Å². The third kappa shape index (κ3) is 3.90. The van der Waals surface area contributed by atoms with Crippen LogP contribution in [0.3, 0.4) is 0 Å². The largest absolute Gasteiger partial charge is 0.378 e. The summed E-state index contributed by atoms with van der Waals surface area (Å²) in [5.41, 5.74) is 1.80. The minimum absolute atomic E-state index is 0.119. The van der Waals surface area contributed by atoms with Crippen molar-refractivity contribution in [1.29, 1.82) is 0 Å². The first-order chi connectivity index (χ1) is 13.7. The molecule has 1 saturated heterocycles. The number of fused-ring (bicyclic) bond motifs is 2. The van der Waals surface area contributed by atoms with Gasteiger partial charge in [-0.05, 0) is 25.0 Å². The molecule has 1 fully saturated rings. The standard InChI is InChI=1S/C22H36N2O4Si/c1-7-21(8-2)19-18(10-9-17(23-19)13-26-3)22(14-28-15-22)24(20(21)25)16-27-11-12-29(4,5)6/h9-10H,7-8,11-16H2,1-6H3. The maximum absolute atomic E-state index is 13.9. The fraction of sp³-hybridized carbons (Fsp3) is 0.727. The molecule has 0 saturated carbocycles. The quantitative estimate of drug-likeness (QED) is 0.451. The normalized spacial score (nSPS) is 19.9. The molecule has 1 spiro atoms. The Morgan fingerprint density at radius 1 is 1.21 bits per heavy atom. The minimum atomic E-state index is -1.18. The summed E-state index contributed by atoms with van der Waals surface area (Å²) >= 11 is 0. The maximum Gasteiger partial charge on any atom is 0.237 e. The zero-order chi connectivity index (χ0) is 21.3. The Kier molecular flexibility index (Phi) is 6.53. The average Bonchev–Trinajstić information content (AvgIpc) is 2.64. The van der Waals surface area contributed by atoms with Crippen LogP contribution in [-0.4, -0.2) is 57.5 Å². The van der Waals surface area contributed by atoms with E-state index in [9.17, 15) is 4.79 Å². The Morgan fingerprint density at radius 3 is 2.41 bits per heavy atom. The molecule has 0 N–H and O–H groups in total. The molecule has 0 bridgehead atoms. The van der Waals surface area contributed by atoms with Crippen LogP contribution in [-0.2, 0) is 36.6 Å². The molecular formula is C22H36N2O4Si. The highest BCUT2D eigenvalue weighted by molar-refractivity contribution is 6.76. The van der Waals surface area contributed by atoms with Crippen LogP contribution in [0.5, 0.6) is 0 Å². The number of methoxy groups -OCH3 is 1. The fourth-order valence-corrected chi connectivity index (χ4v) is 5.13. The highest BCUT2D eigenvalue weighted by Crippen LogP contribution is 2.49. The molecule has 162 valence electrons. The number of carbonyl (C=O) groups is 1. The van der Waals surface area contributed by atoms with Gasteiger partial charge in [-0.15, -0.1) is 0 Å². The van der Waals surface area contributed by atoms with E-state index in [0.29, 0.717) is 46.0 Å². The Bertz CT molecular complexity index is 739. The first-order valence-corrected chi connectivity index (χ1v) is 14.4. The van der Waals surface area contributed by atoms with Crippen LogP contribution < -0.4 is 0 Å². The lowest BCUT2D eigenvalue weighted by Gasteiger charge is -2.56. The maximum atomic E-state index is 13.9. The van der Waals surface area contributed by atoms with E-state index in [2.05, 4.69) is 39.6 Å². The number of hydrogen-bond acceptors (Lipinski definition) is 5. The van der Waals surface area contributed by atoms with Crippen LogP contribution in [0, 0.1) is 0 Å². The van der Waals surface area contributed by atoms with E-state index < -0.39 is 19.0 Å². The lowest BCUT2D eigenvalue weighted by atomic mass is 9.67. The van der Waals surface area contributed by atoms with E-state index in [1.165, 1.54) is 0 Å². The molecule has 1 aromatic heterocycles. The molecule has 3 rings (SSSR count). The Labute approximate surface area is 175 Å². The summed E-state index contributed by atoms with van der Waals surface area (Å²) in [5, 5.41) is 0. The van der Waals surface area contributed by atoms with Gasteiger partial charge in [0.25, 0.3) is 0 Å². The van der Waals surface area contributed by atoms with Gasteiger partial charge in [-0.25, -0.2) is 0 Å². The number of hydrogen-bond donors (Lipinski definition) is 0. The topological polar surface area (TPSA) is 60.9 Å². The van der Waals surface area contributed by atoms with Crippen molar-refractivity contribution in [2.45, 2.75) is 69.9 Å². The lowest BCUT2D eigenvalue weighted by Crippen LogP contribution is -2.69. The molecule has 1 aromatic rings. The molecular weight excluding hydrogens is 384 g/mol. The van der Waals surface area contributed by atoms with Gasteiger partial charge >= 0.3 is 0 Å². The first-order valence-electron chi connectivity index (χ1n) is 10.7. The fourth-order valence-electron chi connectivity index (χ4n) is 4.38. The van der Waals surface area contributed by atoms with Crippen LogP contribution in [0.1, 0.15) is 43.6 Å². The second kappa shape index (κ2) is 8.45. The zero-order valence-electron chi connectivity index (χ0n) is 18.8. The SMILES string of the molecule is CCC1(CC)C(=O)N(COCC[Si](C)(C)C)C2(COC2)c2ccc(COC)nc21. The molecule has 29 heavy (non-hydrogen) atoms.